The SMILES string of the molecule is O=C(CCS(=O)(=O)c1ccccc1)NC1(C(=O)O)CCC1. The van der Waals surface area contributed by atoms with Gasteiger partial charge < -0.3 is 10.4 Å². The Labute approximate surface area is 123 Å². The second-order valence-electron chi connectivity index (χ2n) is 5.17. The third kappa shape index (κ3) is 3.41. The third-order valence-electron chi connectivity index (χ3n) is 3.70. The number of carbonyl (C=O) groups is 2. The first-order chi connectivity index (χ1) is 9.86. The van der Waals surface area contributed by atoms with E-state index in [0.717, 1.165) is 6.42 Å². The lowest BCUT2D eigenvalue weighted by Crippen LogP contribution is -2.59. The van der Waals surface area contributed by atoms with Crippen molar-refractivity contribution in [3.05, 3.63) is 30.3 Å². The fourth-order valence-corrected chi connectivity index (χ4v) is 3.49. The Morgan fingerprint density at radius 3 is 2.29 bits per heavy atom. The highest BCUT2D eigenvalue weighted by Gasteiger charge is 2.45. The van der Waals surface area contributed by atoms with Crippen LogP contribution in [0.2, 0.25) is 0 Å². The van der Waals surface area contributed by atoms with Crippen LogP contribution in [-0.4, -0.2) is 36.7 Å². The number of carboxylic acid groups (broad SMARTS) is 1. The molecule has 0 atom stereocenters. The highest BCUT2D eigenvalue weighted by atomic mass is 32.2. The Morgan fingerprint density at radius 1 is 1.19 bits per heavy atom. The second-order valence-corrected chi connectivity index (χ2v) is 7.28. The van der Waals surface area contributed by atoms with Crippen molar-refractivity contribution in [2.24, 2.45) is 0 Å². The first kappa shape index (κ1) is 15.5. The van der Waals surface area contributed by atoms with Gasteiger partial charge >= 0.3 is 5.97 Å². The topological polar surface area (TPSA) is 101 Å². The Balaban J connectivity index is 1.94. The molecule has 0 saturated heterocycles. The molecule has 1 aromatic carbocycles. The van der Waals surface area contributed by atoms with E-state index in [2.05, 4.69) is 5.32 Å². The van der Waals surface area contributed by atoms with E-state index >= 15 is 0 Å². The number of sulfone groups is 1. The summed E-state index contributed by atoms with van der Waals surface area (Å²) in [6, 6.07) is 7.87. The molecule has 1 aromatic rings. The van der Waals surface area contributed by atoms with Gasteiger partial charge in [-0.25, -0.2) is 13.2 Å². The van der Waals surface area contributed by atoms with Crippen LogP contribution in [0.5, 0.6) is 0 Å². The number of rotatable bonds is 6. The van der Waals surface area contributed by atoms with Crippen molar-refractivity contribution in [3.63, 3.8) is 0 Å². The first-order valence-electron chi connectivity index (χ1n) is 6.68. The van der Waals surface area contributed by atoms with Crippen LogP contribution in [-0.2, 0) is 19.4 Å². The van der Waals surface area contributed by atoms with Gasteiger partial charge in [0.25, 0.3) is 0 Å². The van der Waals surface area contributed by atoms with Gasteiger partial charge in [-0.05, 0) is 31.4 Å². The van der Waals surface area contributed by atoms with Crippen LogP contribution >= 0.6 is 0 Å². The molecule has 6 nitrogen and oxygen atoms in total. The normalized spacial score (nSPS) is 16.8. The van der Waals surface area contributed by atoms with Gasteiger partial charge in [0.2, 0.25) is 5.91 Å². The van der Waals surface area contributed by atoms with Crippen molar-refractivity contribution in [1.82, 2.24) is 5.32 Å². The summed E-state index contributed by atoms with van der Waals surface area (Å²) < 4.78 is 24.0. The van der Waals surface area contributed by atoms with Gasteiger partial charge in [0.15, 0.2) is 9.84 Å². The van der Waals surface area contributed by atoms with Crippen LogP contribution in [0.15, 0.2) is 35.2 Å². The number of carboxylic acids is 1. The molecular weight excluding hydrogens is 294 g/mol. The Kier molecular flexibility index (Phi) is 4.32. The van der Waals surface area contributed by atoms with Crippen LogP contribution in [0, 0.1) is 0 Å². The van der Waals surface area contributed by atoms with Crippen molar-refractivity contribution in [1.29, 1.82) is 0 Å². The van der Waals surface area contributed by atoms with E-state index in [1.807, 2.05) is 0 Å². The zero-order valence-corrected chi connectivity index (χ0v) is 12.2. The number of amides is 1. The second kappa shape index (κ2) is 5.85. The fraction of sp³-hybridized carbons (Fsp3) is 0.429. The molecule has 2 N–H and O–H groups in total. The van der Waals surface area contributed by atoms with Crippen molar-refractivity contribution in [2.45, 2.75) is 36.1 Å². The molecule has 1 fully saturated rings. The molecule has 21 heavy (non-hydrogen) atoms. The molecule has 1 aliphatic rings. The number of hydrogen-bond donors (Lipinski definition) is 2. The molecule has 0 aromatic heterocycles. The average molecular weight is 311 g/mol. The van der Waals surface area contributed by atoms with Gasteiger partial charge in [-0.3, -0.25) is 4.79 Å². The minimum absolute atomic E-state index is 0.161. The van der Waals surface area contributed by atoms with Crippen molar-refractivity contribution in [3.8, 4) is 0 Å². The van der Waals surface area contributed by atoms with E-state index in [-0.39, 0.29) is 17.1 Å². The minimum Gasteiger partial charge on any atom is -0.480 e. The maximum atomic E-state index is 12.0. The smallest absolute Gasteiger partial charge is 0.329 e. The van der Waals surface area contributed by atoms with E-state index in [1.54, 1.807) is 18.2 Å². The van der Waals surface area contributed by atoms with Gasteiger partial charge in [-0.2, -0.15) is 0 Å². The van der Waals surface area contributed by atoms with Crippen LogP contribution in [0.3, 0.4) is 0 Å². The summed E-state index contributed by atoms with van der Waals surface area (Å²) in [6.45, 7) is 0. The van der Waals surface area contributed by atoms with Gasteiger partial charge in [-0.1, -0.05) is 18.2 Å². The van der Waals surface area contributed by atoms with Crippen LogP contribution in [0.1, 0.15) is 25.7 Å². The third-order valence-corrected chi connectivity index (χ3v) is 5.43. The lowest BCUT2D eigenvalue weighted by atomic mass is 9.76. The van der Waals surface area contributed by atoms with Crippen LogP contribution in [0.25, 0.3) is 0 Å². The zero-order chi connectivity index (χ0) is 15.5. The number of aliphatic carboxylic acids is 1. The summed E-state index contributed by atoms with van der Waals surface area (Å²) in [7, 11) is -3.53. The van der Waals surface area contributed by atoms with Gasteiger partial charge in [0, 0.05) is 6.42 Å². The fourth-order valence-electron chi connectivity index (χ4n) is 2.22. The quantitative estimate of drug-likeness (QED) is 0.815. The van der Waals surface area contributed by atoms with E-state index in [1.165, 1.54) is 12.1 Å². The highest BCUT2D eigenvalue weighted by molar-refractivity contribution is 7.91. The molecule has 1 aliphatic carbocycles. The summed E-state index contributed by atoms with van der Waals surface area (Å²) in [6.07, 6.45) is 1.28. The van der Waals surface area contributed by atoms with Gasteiger partial charge in [0.05, 0.1) is 10.6 Å². The molecule has 2 rings (SSSR count). The zero-order valence-electron chi connectivity index (χ0n) is 11.4. The van der Waals surface area contributed by atoms with E-state index in [9.17, 15) is 18.0 Å². The molecule has 7 heteroatoms. The predicted octanol–water partition coefficient (Wildman–Crippen LogP) is 0.974. The van der Waals surface area contributed by atoms with Crippen molar-refractivity contribution < 1.29 is 23.1 Å². The van der Waals surface area contributed by atoms with E-state index in [4.69, 9.17) is 5.11 Å². The molecule has 1 saturated carbocycles. The molecule has 0 unspecified atom stereocenters. The molecule has 114 valence electrons. The summed E-state index contributed by atoms with van der Waals surface area (Å²) >= 11 is 0. The number of benzene rings is 1. The number of hydrogen-bond acceptors (Lipinski definition) is 4. The Hall–Kier alpha value is -1.89. The molecule has 0 heterocycles. The summed E-state index contributed by atoms with van der Waals surface area (Å²) in [4.78, 5) is 23.1. The Bertz CT molecular complexity index is 635. The molecule has 0 radical (unpaired) electrons. The molecule has 0 spiro atoms. The minimum atomic E-state index is -3.53. The van der Waals surface area contributed by atoms with Crippen molar-refractivity contribution in [2.75, 3.05) is 5.75 Å². The maximum absolute atomic E-state index is 12.0. The summed E-state index contributed by atoms with van der Waals surface area (Å²) in [5, 5.41) is 11.6. The lowest BCUT2D eigenvalue weighted by Gasteiger charge is -2.38. The first-order valence-corrected chi connectivity index (χ1v) is 8.33. The van der Waals surface area contributed by atoms with E-state index in [0.29, 0.717) is 12.8 Å². The monoisotopic (exact) mass is 311 g/mol. The van der Waals surface area contributed by atoms with Crippen LogP contribution < -0.4 is 5.32 Å². The highest BCUT2D eigenvalue weighted by Crippen LogP contribution is 2.32. The summed E-state index contributed by atoms with van der Waals surface area (Å²) in [5.41, 5.74) is -1.20. The number of nitrogens with one attached hydrogen (secondary N) is 1. The standard InChI is InChI=1S/C14H17NO5S/c16-12(15-14(13(17)18)8-4-9-14)7-10-21(19,20)11-5-2-1-3-6-11/h1-3,5-6H,4,7-10H2,(H,15,16)(H,17,18). The summed E-state index contributed by atoms with van der Waals surface area (Å²) in [5.74, 6) is -1.94. The van der Waals surface area contributed by atoms with Gasteiger partial charge in [0.1, 0.15) is 5.54 Å². The van der Waals surface area contributed by atoms with Gasteiger partial charge in [-0.15, -0.1) is 0 Å². The maximum Gasteiger partial charge on any atom is 0.329 e. The molecule has 0 bridgehead atoms. The molecule has 1 amide bonds. The van der Waals surface area contributed by atoms with E-state index < -0.39 is 27.3 Å². The van der Waals surface area contributed by atoms with Crippen LogP contribution in [0.4, 0.5) is 0 Å². The largest absolute Gasteiger partial charge is 0.480 e. The molecular formula is C14H17NO5S. The molecule has 0 aliphatic heterocycles. The predicted molar refractivity (Wildman–Crippen MR) is 75.5 cm³/mol. The Morgan fingerprint density at radius 2 is 1.81 bits per heavy atom. The van der Waals surface area contributed by atoms with Crippen molar-refractivity contribution >= 4 is 21.7 Å². The number of carbonyl (C=O) groups excluding carboxylic acids is 1. The lowest BCUT2D eigenvalue weighted by molar-refractivity contribution is -0.151. The average Bonchev–Trinajstić information content (AvgIpc) is 2.41.